The van der Waals surface area contributed by atoms with Crippen LogP contribution in [-0.4, -0.2) is 31.8 Å². The molecule has 0 spiro atoms. The second-order valence-corrected chi connectivity index (χ2v) is 9.66. The molecule has 0 nitrogen and oxygen atoms in total. The van der Waals surface area contributed by atoms with Crippen molar-refractivity contribution < 1.29 is 39.5 Å². The minimum absolute atomic E-state index is 0.629. The molecule has 0 aliphatic rings. The average molecular weight is 367 g/mol. The Bertz CT molecular complexity index is 451. The Balaban J connectivity index is 5.71. The summed E-state index contributed by atoms with van der Waals surface area (Å²) in [7, 11) is 0. The SMILES string of the molecule is [CH3][Ge]([C]#CC(F)(F)F)([C]#CC(F)(F)F)[C]#CC(F)(F)F. The van der Waals surface area contributed by atoms with Gasteiger partial charge in [-0.1, -0.05) is 0 Å². The first kappa shape index (κ1) is 18.6. The molecule has 0 amide bonds. The quantitative estimate of drug-likeness (QED) is 0.350. The van der Waals surface area contributed by atoms with Crippen LogP contribution in [0.5, 0.6) is 0 Å². The van der Waals surface area contributed by atoms with Gasteiger partial charge in [0.25, 0.3) is 0 Å². The van der Waals surface area contributed by atoms with E-state index < -0.39 is 31.8 Å². The van der Waals surface area contributed by atoms with E-state index >= 15 is 0 Å². The molecule has 0 aromatic carbocycles. The van der Waals surface area contributed by atoms with Gasteiger partial charge in [-0.3, -0.25) is 0 Å². The average Bonchev–Trinajstić information content (AvgIpc) is 2.18. The van der Waals surface area contributed by atoms with Gasteiger partial charge in [0.2, 0.25) is 0 Å². The molecule has 20 heavy (non-hydrogen) atoms. The normalized spacial score (nSPS) is 12.3. The fourth-order valence-electron chi connectivity index (χ4n) is 0.681. The van der Waals surface area contributed by atoms with E-state index in [9.17, 15) is 39.5 Å². The van der Waals surface area contributed by atoms with Crippen molar-refractivity contribution in [3.63, 3.8) is 0 Å². The summed E-state index contributed by atoms with van der Waals surface area (Å²) in [6, 6.07) is 0. The van der Waals surface area contributed by atoms with Gasteiger partial charge in [0, 0.05) is 0 Å². The predicted octanol–water partition coefficient (Wildman–Crippen LogP) is 3.38. The summed E-state index contributed by atoms with van der Waals surface area (Å²) in [5.41, 5.74) is 0. The summed E-state index contributed by atoms with van der Waals surface area (Å²) < 4.78 is 111. The molecule has 0 radical (unpaired) electrons. The Hall–Kier alpha value is -1.41. The van der Waals surface area contributed by atoms with E-state index in [1.807, 2.05) is 0 Å². The van der Waals surface area contributed by atoms with E-state index in [0.717, 1.165) is 0 Å². The Morgan fingerprint density at radius 1 is 0.550 bits per heavy atom. The molecule has 10 heteroatoms. The number of hydrogen-bond donors (Lipinski definition) is 0. The zero-order valence-electron chi connectivity index (χ0n) is 9.40. The first-order valence-electron chi connectivity index (χ1n) is 4.45. The molecular weight excluding hydrogens is 364 g/mol. The van der Waals surface area contributed by atoms with Gasteiger partial charge in [0.05, 0.1) is 0 Å². The molecule has 110 valence electrons. The monoisotopic (exact) mass is 368 g/mol. The molecule has 0 unspecified atom stereocenters. The van der Waals surface area contributed by atoms with Crippen LogP contribution in [0.15, 0.2) is 0 Å². The second kappa shape index (κ2) is 5.92. The third-order valence-corrected chi connectivity index (χ3v) is 5.30. The predicted molar refractivity (Wildman–Crippen MR) is 53.1 cm³/mol. The molecule has 0 aromatic rings. The fourth-order valence-corrected chi connectivity index (χ4v) is 3.54. The second-order valence-electron chi connectivity index (χ2n) is 3.37. The summed E-state index contributed by atoms with van der Waals surface area (Å²) in [5, 5.41) is 0. The molecule has 0 rings (SSSR count). The van der Waals surface area contributed by atoms with E-state index in [-0.39, 0.29) is 0 Å². The van der Waals surface area contributed by atoms with Crippen molar-refractivity contribution in [3.8, 4) is 32.0 Å². The summed E-state index contributed by atoms with van der Waals surface area (Å²) >= 11 is -4.88. The van der Waals surface area contributed by atoms with E-state index in [0.29, 0.717) is 23.5 Å². The zero-order valence-corrected chi connectivity index (χ0v) is 11.5. The molecule has 0 saturated carbocycles. The summed E-state index contributed by atoms with van der Waals surface area (Å²) in [5.74, 6) is 2.59. The molecule has 0 saturated heterocycles. The van der Waals surface area contributed by atoms with Crippen molar-refractivity contribution in [1.29, 1.82) is 0 Å². The molecule has 0 heterocycles. The number of halogens is 9. The van der Waals surface area contributed by atoms with Crippen LogP contribution in [0.2, 0.25) is 5.76 Å². The van der Waals surface area contributed by atoms with Crippen LogP contribution in [0.1, 0.15) is 0 Å². The van der Waals surface area contributed by atoms with Crippen molar-refractivity contribution in [2.75, 3.05) is 0 Å². The topological polar surface area (TPSA) is 0 Å². The first-order chi connectivity index (χ1) is 8.62. The van der Waals surface area contributed by atoms with E-state index in [2.05, 4.69) is 0 Å². The van der Waals surface area contributed by atoms with E-state index in [1.165, 1.54) is 14.3 Å². The number of alkyl halides is 9. The third kappa shape index (κ3) is 10.5. The van der Waals surface area contributed by atoms with Gasteiger partial charge in [-0.15, -0.1) is 0 Å². The Morgan fingerprint density at radius 2 is 0.750 bits per heavy atom. The van der Waals surface area contributed by atoms with Gasteiger partial charge in [-0.25, -0.2) is 0 Å². The Labute approximate surface area is 110 Å². The van der Waals surface area contributed by atoms with E-state index in [1.54, 1.807) is 0 Å². The van der Waals surface area contributed by atoms with Gasteiger partial charge in [-0.05, 0) is 0 Å². The first-order valence-corrected chi connectivity index (χ1v) is 9.70. The van der Waals surface area contributed by atoms with Gasteiger partial charge in [0.1, 0.15) is 0 Å². The van der Waals surface area contributed by atoms with Crippen LogP contribution < -0.4 is 0 Å². The van der Waals surface area contributed by atoms with Crippen molar-refractivity contribution in [1.82, 2.24) is 0 Å². The molecule has 0 N–H and O–H groups in total. The van der Waals surface area contributed by atoms with Crippen LogP contribution in [0.4, 0.5) is 39.5 Å². The van der Waals surface area contributed by atoms with Gasteiger partial charge >= 0.3 is 109 Å². The van der Waals surface area contributed by atoms with Crippen molar-refractivity contribution in [3.05, 3.63) is 0 Å². The zero-order chi connectivity index (χ0) is 16.2. The van der Waals surface area contributed by atoms with Crippen molar-refractivity contribution in [2.45, 2.75) is 24.3 Å². The van der Waals surface area contributed by atoms with Crippen LogP contribution in [0.25, 0.3) is 0 Å². The van der Waals surface area contributed by atoms with E-state index in [4.69, 9.17) is 0 Å². The molecule has 0 atom stereocenters. The van der Waals surface area contributed by atoms with Crippen molar-refractivity contribution in [2.24, 2.45) is 0 Å². The van der Waals surface area contributed by atoms with Gasteiger partial charge in [0.15, 0.2) is 0 Å². The minimum atomic E-state index is -5.05. The molecule has 0 aliphatic heterocycles. The molecule has 0 fully saturated rings. The fraction of sp³-hybridized carbons (Fsp3) is 0.400. The van der Waals surface area contributed by atoms with Crippen LogP contribution in [0, 0.1) is 32.0 Å². The Morgan fingerprint density at radius 3 is 0.900 bits per heavy atom. The maximum atomic E-state index is 11.9. The standard InChI is InChI=1S/C10H3F9Ge/c1-20(5-2-8(11,12)13,6-3-9(14,15)16)7-4-10(17,18)19/h1H3. The van der Waals surface area contributed by atoms with Crippen LogP contribution in [-0.2, 0) is 0 Å². The molecular formula is C10H3F9Ge. The summed E-state index contributed by atoms with van der Waals surface area (Å²) in [4.78, 5) is 0. The van der Waals surface area contributed by atoms with Gasteiger partial charge < -0.3 is 0 Å². The number of hydrogen-bond acceptors (Lipinski definition) is 0. The molecule has 0 aromatic heterocycles. The number of rotatable bonds is 0. The molecule has 0 aliphatic carbocycles. The Kier molecular flexibility index (Phi) is 5.51. The summed E-state index contributed by atoms with van der Waals surface area (Å²) in [6.07, 6.45) is -15.1. The van der Waals surface area contributed by atoms with Crippen molar-refractivity contribution >= 4 is 13.3 Å². The summed E-state index contributed by atoms with van der Waals surface area (Å²) in [6.45, 7) is 0. The molecule has 0 bridgehead atoms. The maximum absolute atomic E-state index is 11.9. The third-order valence-electron chi connectivity index (χ3n) is 1.36. The van der Waals surface area contributed by atoms with Gasteiger partial charge in [-0.2, -0.15) is 0 Å². The van der Waals surface area contributed by atoms with Crippen LogP contribution >= 0.6 is 0 Å². The van der Waals surface area contributed by atoms with Crippen LogP contribution in [0.3, 0.4) is 0 Å².